The Kier molecular flexibility index (Phi) is 10.2. The van der Waals surface area contributed by atoms with E-state index in [1.54, 1.807) is 36.4 Å². The first-order valence-electron chi connectivity index (χ1n) is 13.8. The van der Waals surface area contributed by atoms with Gasteiger partial charge in [0.2, 0.25) is 5.91 Å². The van der Waals surface area contributed by atoms with E-state index in [1.807, 2.05) is 6.92 Å². The average molecular weight is 556 g/mol. The van der Waals surface area contributed by atoms with Gasteiger partial charge in [-0.3, -0.25) is 14.5 Å². The number of amides is 2. The van der Waals surface area contributed by atoms with Crippen molar-refractivity contribution in [3.8, 4) is 5.75 Å². The number of benzene rings is 2. The number of aryl methyl sites for hydroxylation is 1. The van der Waals surface area contributed by atoms with Crippen LogP contribution >= 0.6 is 12.2 Å². The number of thiocarbonyl (C=S) groups is 1. The number of hydrogen-bond acceptors (Lipinski definition) is 6. The summed E-state index contributed by atoms with van der Waals surface area (Å²) in [5.41, 5.74) is 1.68. The lowest BCUT2D eigenvalue weighted by Crippen LogP contribution is -2.46. The Morgan fingerprint density at radius 1 is 1.10 bits per heavy atom. The van der Waals surface area contributed by atoms with E-state index < -0.39 is 6.04 Å². The molecule has 39 heavy (non-hydrogen) atoms. The molecular weight excluding hydrogens is 517 g/mol. The summed E-state index contributed by atoms with van der Waals surface area (Å²) >= 11 is 5.42. The van der Waals surface area contributed by atoms with Crippen LogP contribution in [0.15, 0.2) is 42.5 Å². The molecular formula is C29H38FN5O3S. The van der Waals surface area contributed by atoms with Gasteiger partial charge in [-0.15, -0.1) is 0 Å². The highest BCUT2D eigenvalue weighted by Crippen LogP contribution is 2.25. The first-order valence-corrected chi connectivity index (χ1v) is 14.2. The summed E-state index contributed by atoms with van der Waals surface area (Å²) < 4.78 is 20.2. The summed E-state index contributed by atoms with van der Waals surface area (Å²) in [6.45, 7) is 11.0. The van der Waals surface area contributed by atoms with E-state index in [2.05, 4.69) is 27.4 Å². The molecule has 4 rings (SSSR count). The van der Waals surface area contributed by atoms with Crippen LogP contribution in [0.4, 0.5) is 15.8 Å². The molecule has 0 aliphatic carbocycles. The molecule has 1 unspecified atom stereocenters. The summed E-state index contributed by atoms with van der Waals surface area (Å²) in [6.07, 6.45) is 2.24. The third kappa shape index (κ3) is 7.74. The average Bonchev–Trinajstić information content (AvgIpc) is 3.21. The van der Waals surface area contributed by atoms with E-state index in [0.29, 0.717) is 30.0 Å². The fourth-order valence-corrected chi connectivity index (χ4v) is 5.22. The van der Waals surface area contributed by atoms with Crippen molar-refractivity contribution in [2.45, 2.75) is 45.6 Å². The molecule has 10 heteroatoms. The maximum Gasteiger partial charge on any atom is 0.256 e. The molecule has 8 nitrogen and oxygen atoms in total. The van der Waals surface area contributed by atoms with Gasteiger partial charge >= 0.3 is 0 Å². The van der Waals surface area contributed by atoms with Crippen LogP contribution in [0.3, 0.4) is 0 Å². The van der Waals surface area contributed by atoms with E-state index in [-0.39, 0.29) is 29.2 Å². The predicted octanol–water partition coefficient (Wildman–Crippen LogP) is 3.80. The van der Waals surface area contributed by atoms with Crippen LogP contribution in [0, 0.1) is 5.82 Å². The first-order chi connectivity index (χ1) is 18.9. The van der Waals surface area contributed by atoms with Crippen molar-refractivity contribution in [3.63, 3.8) is 0 Å². The highest BCUT2D eigenvalue weighted by Gasteiger charge is 2.38. The zero-order valence-corrected chi connectivity index (χ0v) is 23.6. The van der Waals surface area contributed by atoms with Crippen molar-refractivity contribution in [1.29, 1.82) is 0 Å². The monoisotopic (exact) mass is 555 g/mol. The molecule has 2 amide bonds. The number of halogens is 1. The predicted molar refractivity (Wildman–Crippen MR) is 156 cm³/mol. The molecule has 2 aromatic rings. The molecule has 0 aromatic heterocycles. The van der Waals surface area contributed by atoms with Gasteiger partial charge in [-0.05, 0) is 92.6 Å². The Hall–Kier alpha value is -3.08. The molecule has 2 aromatic carbocycles. The number of nitrogens with one attached hydrogen (secondary N) is 2. The number of anilines is 2. The van der Waals surface area contributed by atoms with Gasteiger partial charge in [0.05, 0.1) is 18.7 Å². The molecule has 2 fully saturated rings. The second-order valence-electron chi connectivity index (χ2n) is 9.96. The lowest BCUT2D eigenvalue weighted by molar-refractivity contribution is -0.122. The fraction of sp³-hybridized carbons (Fsp3) is 0.483. The number of hydrogen-bond donors (Lipinski definition) is 2. The number of carbonyl (C=O) groups excluding carboxylic acids is 2. The molecule has 2 heterocycles. The van der Waals surface area contributed by atoms with Crippen molar-refractivity contribution in [2.75, 3.05) is 56.1 Å². The van der Waals surface area contributed by atoms with Crippen LogP contribution in [0.2, 0.25) is 0 Å². The number of carbonyl (C=O) groups is 2. The Bertz CT molecular complexity index is 1150. The van der Waals surface area contributed by atoms with Crippen molar-refractivity contribution < 1.29 is 18.7 Å². The minimum Gasteiger partial charge on any atom is -0.494 e. The van der Waals surface area contributed by atoms with E-state index >= 15 is 0 Å². The molecule has 2 aliphatic rings. The Labute approximate surface area is 235 Å². The third-order valence-corrected chi connectivity index (χ3v) is 7.44. The van der Waals surface area contributed by atoms with Gasteiger partial charge in [-0.1, -0.05) is 13.8 Å². The molecule has 2 saturated heterocycles. The van der Waals surface area contributed by atoms with Crippen molar-refractivity contribution >= 4 is 40.5 Å². The SMILES string of the molecule is CCCOc1ccc(NC(=O)CC2NC(=S)N(c3ccc(F)c(CCCN4CCN(CC)CC4)c3)C2=O)cc1. The van der Waals surface area contributed by atoms with Crippen LogP contribution in [0.5, 0.6) is 5.75 Å². The van der Waals surface area contributed by atoms with Gasteiger partial charge in [0.15, 0.2) is 5.11 Å². The molecule has 0 saturated carbocycles. The smallest absolute Gasteiger partial charge is 0.256 e. The van der Waals surface area contributed by atoms with Gasteiger partial charge in [0.25, 0.3) is 5.91 Å². The molecule has 210 valence electrons. The molecule has 0 radical (unpaired) electrons. The molecule has 0 spiro atoms. The van der Waals surface area contributed by atoms with Gasteiger partial charge in [-0.2, -0.15) is 0 Å². The zero-order chi connectivity index (χ0) is 27.8. The normalized spacial score (nSPS) is 18.3. The number of piperazine rings is 1. The van der Waals surface area contributed by atoms with Gasteiger partial charge in [-0.25, -0.2) is 4.39 Å². The first kappa shape index (κ1) is 28.9. The van der Waals surface area contributed by atoms with Crippen molar-refractivity contribution in [2.24, 2.45) is 0 Å². The number of rotatable bonds is 12. The lowest BCUT2D eigenvalue weighted by Gasteiger charge is -2.34. The second-order valence-corrected chi connectivity index (χ2v) is 10.3. The van der Waals surface area contributed by atoms with Crippen LogP contribution in [0.1, 0.15) is 38.7 Å². The summed E-state index contributed by atoms with van der Waals surface area (Å²) in [5.74, 6) is -0.198. The highest BCUT2D eigenvalue weighted by atomic mass is 32.1. The minimum atomic E-state index is -0.792. The van der Waals surface area contributed by atoms with Gasteiger partial charge in [0, 0.05) is 31.9 Å². The summed E-state index contributed by atoms with van der Waals surface area (Å²) in [5, 5.41) is 5.97. The van der Waals surface area contributed by atoms with Crippen LogP contribution in [-0.2, 0) is 16.0 Å². The maximum atomic E-state index is 14.6. The number of ether oxygens (including phenoxy) is 1. The minimum absolute atomic E-state index is 0.0805. The topological polar surface area (TPSA) is 77.2 Å². The molecule has 2 N–H and O–H groups in total. The Morgan fingerprint density at radius 2 is 1.82 bits per heavy atom. The third-order valence-electron chi connectivity index (χ3n) is 7.14. The van der Waals surface area contributed by atoms with Crippen LogP contribution < -0.4 is 20.3 Å². The standard InChI is InChI=1S/C29H38FN5O3S/c1-3-18-38-24-10-7-22(8-11-24)31-27(36)20-26-28(37)35(29(39)32-26)23-9-12-25(30)21(19-23)6-5-13-34-16-14-33(4-2)15-17-34/h7-12,19,26H,3-6,13-18,20H2,1-2H3,(H,31,36)(H,32,39). The van der Waals surface area contributed by atoms with Crippen molar-refractivity contribution in [1.82, 2.24) is 15.1 Å². The van der Waals surface area contributed by atoms with E-state index in [9.17, 15) is 14.0 Å². The van der Waals surface area contributed by atoms with Crippen LogP contribution in [0.25, 0.3) is 0 Å². The van der Waals surface area contributed by atoms with Gasteiger partial charge in [0.1, 0.15) is 17.6 Å². The Morgan fingerprint density at radius 3 is 2.51 bits per heavy atom. The molecule has 2 aliphatic heterocycles. The highest BCUT2D eigenvalue weighted by molar-refractivity contribution is 7.80. The van der Waals surface area contributed by atoms with E-state index in [4.69, 9.17) is 17.0 Å². The Balaban J connectivity index is 1.31. The maximum absolute atomic E-state index is 14.6. The summed E-state index contributed by atoms with van der Waals surface area (Å²) in [6, 6.07) is 10.9. The van der Waals surface area contributed by atoms with Crippen LogP contribution in [-0.4, -0.2) is 78.6 Å². The second kappa shape index (κ2) is 13.8. The number of likely N-dealkylation sites (N-methyl/N-ethyl adjacent to an activating group) is 1. The molecule has 0 bridgehead atoms. The largest absolute Gasteiger partial charge is 0.494 e. The quantitative estimate of drug-likeness (QED) is 0.386. The number of nitrogens with zero attached hydrogens (tertiary/aromatic N) is 3. The molecule has 1 atom stereocenters. The van der Waals surface area contributed by atoms with Crippen molar-refractivity contribution in [3.05, 3.63) is 53.8 Å². The van der Waals surface area contributed by atoms with E-state index in [0.717, 1.165) is 57.9 Å². The fourth-order valence-electron chi connectivity index (χ4n) is 4.88. The van der Waals surface area contributed by atoms with E-state index in [1.165, 1.54) is 11.0 Å². The zero-order valence-electron chi connectivity index (χ0n) is 22.7. The summed E-state index contributed by atoms with van der Waals surface area (Å²) in [7, 11) is 0. The lowest BCUT2D eigenvalue weighted by atomic mass is 10.1. The summed E-state index contributed by atoms with van der Waals surface area (Å²) in [4.78, 5) is 32.1. The van der Waals surface area contributed by atoms with Gasteiger partial charge < -0.3 is 25.2 Å².